The second-order valence-electron chi connectivity index (χ2n) is 15.6. The third kappa shape index (κ3) is 6.51. The summed E-state index contributed by atoms with van der Waals surface area (Å²) in [5, 5.41) is 63.6. The zero-order valence-corrected chi connectivity index (χ0v) is 34.1. The first-order valence-corrected chi connectivity index (χ1v) is 20.2. The summed E-state index contributed by atoms with van der Waals surface area (Å²) < 4.78 is 47.4. The molecule has 11 heteroatoms. The summed E-state index contributed by atoms with van der Waals surface area (Å²) in [5.41, 5.74) is 6.69. The van der Waals surface area contributed by atoms with E-state index in [4.69, 9.17) is 0 Å². The molecule has 0 aliphatic carbocycles. The summed E-state index contributed by atoms with van der Waals surface area (Å²) >= 11 is 0. The molecule has 0 saturated carbocycles. The van der Waals surface area contributed by atoms with Gasteiger partial charge in [0, 0.05) is 27.1 Å². The molecular formula is C55H25F3N8. The number of aromatic nitrogens is 2. The van der Waals surface area contributed by atoms with Gasteiger partial charge in [0.05, 0.1) is 97.2 Å². The largest absolute Gasteiger partial charge is 0.416 e. The van der Waals surface area contributed by atoms with Crippen molar-refractivity contribution in [3.63, 3.8) is 0 Å². The van der Waals surface area contributed by atoms with Gasteiger partial charge in [0.15, 0.2) is 0 Å². The zero-order chi connectivity index (χ0) is 45.9. The average Bonchev–Trinajstić information content (AvgIpc) is 3.86. The molecule has 0 N–H and O–H groups in total. The monoisotopic (exact) mass is 854 g/mol. The van der Waals surface area contributed by atoms with Gasteiger partial charge >= 0.3 is 6.18 Å². The van der Waals surface area contributed by atoms with E-state index in [0.29, 0.717) is 61.2 Å². The molecule has 0 unspecified atom stereocenters. The highest BCUT2D eigenvalue weighted by Gasteiger charge is 2.32. The van der Waals surface area contributed by atoms with Gasteiger partial charge in [-0.1, -0.05) is 54.6 Å². The zero-order valence-electron chi connectivity index (χ0n) is 34.1. The molecule has 0 amide bonds. The molecule has 10 aromatic rings. The van der Waals surface area contributed by atoms with Gasteiger partial charge in [-0.2, -0.15) is 44.7 Å². The van der Waals surface area contributed by atoms with Crippen molar-refractivity contribution in [2.45, 2.75) is 6.18 Å². The fourth-order valence-electron chi connectivity index (χ4n) is 9.01. The minimum Gasteiger partial charge on any atom is -0.308 e. The normalized spacial score (nSPS) is 11.2. The van der Waals surface area contributed by atoms with Gasteiger partial charge in [0.1, 0.15) is 11.6 Å². The Balaban J connectivity index is 1.30. The van der Waals surface area contributed by atoms with Crippen LogP contribution in [-0.4, -0.2) is 9.13 Å². The lowest BCUT2D eigenvalue weighted by atomic mass is 9.95. The smallest absolute Gasteiger partial charge is 0.308 e. The molecule has 306 valence electrons. The molecule has 66 heavy (non-hydrogen) atoms. The van der Waals surface area contributed by atoms with E-state index in [1.807, 2.05) is 100 Å². The minimum absolute atomic E-state index is 0.0718. The number of rotatable bonds is 5. The van der Waals surface area contributed by atoms with Crippen LogP contribution in [0.3, 0.4) is 0 Å². The van der Waals surface area contributed by atoms with Crippen molar-refractivity contribution >= 4 is 43.6 Å². The maximum atomic E-state index is 14.5. The molecule has 8 aromatic carbocycles. The van der Waals surface area contributed by atoms with E-state index in [0.717, 1.165) is 44.8 Å². The van der Waals surface area contributed by atoms with Gasteiger partial charge in [-0.05, 0) is 125 Å². The van der Waals surface area contributed by atoms with Crippen molar-refractivity contribution in [3.05, 3.63) is 191 Å². The van der Waals surface area contributed by atoms with E-state index < -0.39 is 11.7 Å². The molecule has 2 heterocycles. The SMILES string of the molecule is N#Cc1cc(C#N)cc(-c2ccc3c(c2)c2ccccc2n3-c2ccc(-c3cc(C#N)cc(C(F)(F)F)c3)c(-n3c4ccccc4c4cc(-c5cc(C#N)cc(C#N)c5)ccc43)c2C#N)c1. The highest BCUT2D eigenvalue weighted by Crippen LogP contribution is 2.44. The Hall–Kier alpha value is -9.91. The number of hydrogen-bond donors (Lipinski definition) is 0. The molecule has 0 saturated heterocycles. The Morgan fingerprint density at radius 2 is 0.803 bits per heavy atom. The number of nitriles is 6. The first-order valence-electron chi connectivity index (χ1n) is 20.2. The Labute approximate surface area is 374 Å². The van der Waals surface area contributed by atoms with Crippen LogP contribution in [-0.2, 0) is 6.18 Å². The second kappa shape index (κ2) is 15.5. The maximum absolute atomic E-state index is 14.5. The number of benzene rings is 8. The van der Waals surface area contributed by atoms with E-state index >= 15 is 0 Å². The number of nitrogens with zero attached hydrogens (tertiary/aromatic N) is 8. The molecule has 2 aromatic heterocycles. The molecule has 0 spiro atoms. The molecule has 0 bridgehead atoms. The summed E-state index contributed by atoms with van der Waals surface area (Å²) in [6, 6.07) is 55.7. The molecule has 0 radical (unpaired) electrons. The Kier molecular flexibility index (Phi) is 9.41. The van der Waals surface area contributed by atoms with Crippen LogP contribution in [0.25, 0.3) is 88.4 Å². The van der Waals surface area contributed by atoms with E-state index in [-0.39, 0.29) is 27.9 Å². The van der Waals surface area contributed by atoms with Gasteiger partial charge in [0.25, 0.3) is 0 Å². The number of alkyl halides is 3. The summed E-state index contributed by atoms with van der Waals surface area (Å²) in [6.45, 7) is 0. The molecule has 0 aliphatic heterocycles. The van der Waals surface area contributed by atoms with Crippen molar-refractivity contribution in [1.82, 2.24) is 9.13 Å². The van der Waals surface area contributed by atoms with Crippen LogP contribution in [0, 0.1) is 68.0 Å². The van der Waals surface area contributed by atoms with Crippen LogP contribution >= 0.6 is 0 Å². The van der Waals surface area contributed by atoms with Gasteiger partial charge in [-0.25, -0.2) is 0 Å². The topological polar surface area (TPSA) is 153 Å². The Morgan fingerprint density at radius 3 is 1.29 bits per heavy atom. The van der Waals surface area contributed by atoms with Crippen molar-refractivity contribution < 1.29 is 13.2 Å². The van der Waals surface area contributed by atoms with E-state index in [1.54, 1.807) is 36.4 Å². The van der Waals surface area contributed by atoms with Crippen LogP contribution < -0.4 is 0 Å². The van der Waals surface area contributed by atoms with Crippen LogP contribution in [0.1, 0.15) is 38.9 Å². The molecule has 10 rings (SSSR count). The quantitative estimate of drug-likeness (QED) is 0.168. The Bertz CT molecular complexity index is 3950. The summed E-state index contributed by atoms with van der Waals surface area (Å²) in [6.07, 6.45) is -4.79. The molecule has 0 aliphatic rings. The fraction of sp³-hybridized carbons (Fsp3) is 0.0182. The summed E-state index contributed by atoms with van der Waals surface area (Å²) in [7, 11) is 0. The average molecular weight is 855 g/mol. The van der Waals surface area contributed by atoms with E-state index in [1.165, 1.54) is 18.2 Å². The number of halogens is 3. The third-order valence-corrected chi connectivity index (χ3v) is 11.8. The number of fused-ring (bicyclic) bond motifs is 6. The number of para-hydroxylation sites is 2. The van der Waals surface area contributed by atoms with Crippen molar-refractivity contribution in [2.75, 3.05) is 0 Å². The molecule has 8 nitrogen and oxygen atoms in total. The van der Waals surface area contributed by atoms with Gasteiger partial charge in [0.2, 0.25) is 0 Å². The van der Waals surface area contributed by atoms with Crippen LogP contribution in [0.2, 0.25) is 0 Å². The Morgan fingerprint density at radius 1 is 0.364 bits per heavy atom. The molecule has 0 atom stereocenters. The highest BCUT2D eigenvalue weighted by molar-refractivity contribution is 6.13. The summed E-state index contributed by atoms with van der Waals surface area (Å²) in [5.74, 6) is 0. The second-order valence-corrected chi connectivity index (χ2v) is 15.6. The lowest BCUT2D eigenvalue weighted by Crippen LogP contribution is -2.08. The molecule has 0 fully saturated rings. The van der Waals surface area contributed by atoms with Crippen LogP contribution in [0.4, 0.5) is 13.2 Å². The van der Waals surface area contributed by atoms with Gasteiger partial charge < -0.3 is 9.13 Å². The maximum Gasteiger partial charge on any atom is 0.416 e. The lowest BCUT2D eigenvalue weighted by molar-refractivity contribution is -0.137. The molecular weight excluding hydrogens is 830 g/mol. The van der Waals surface area contributed by atoms with Gasteiger partial charge in [-0.15, -0.1) is 0 Å². The fourth-order valence-corrected chi connectivity index (χ4v) is 9.01. The van der Waals surface area contributed by atoms with Crippen molar-refractivity contribution in [1.29, 1.82) is 31.6 Å². The third-order valence-electron chi connectivity index (χ3n) is 11.8. The van der Waals surface area contributed by atoms with Crippen LogP contribution in [0.15, 0.2) is 152 Å². The lowest BCUT2D eigenvalue weighted by Gasteiger charge is -2.21. The standard InChI is InChI=1S/C55H25F3N8/c56-55(57,58)42-22-36(30-63)21-41(23-42)43-11-14-53(65-49-7-3-1-5-44(49)46-24-37(9-12-51(46)65)39-17-32(26-59)15-33(18-39)27-60)48(31-64)54(43)66-50-8-4-2-6-45(50)47-25-38(10-13-52(47)66)40-19-34(28-61)16-35(20-40)29-62/h1-25H. The first-order chi connectivity index (χ1) is 32.0. The van der Waals surface area contributed by atoms with E-state index in [2.05, 4.69) is 30.3 Å². The minimum atomic E-state index is -4.79. The summed E-state index contributed by atoms with van der Waals surface area (Å²) in [4.78, 5) is 0. The van der Waals surface area contributed by atoms with E-state index in [9.17, 15) is 44.7 Å². The number of hydrogen-bond acceptors (Lipinski definition) is 6. The van der Waals surface area contributed by atoms with Crippen molar-refractivity contribution in [2.24, 2.45) is 0 Å². The predicted molar refractivity (Wildman–Crippen MR) is 245 cm³/mol. The van der Waals surface area contributed by atoms with Crippen LogP contribution in [0.5, 0.6) is 0 Å². The van der Waals surface area contributed by atoms with Crippen molar-refractivity contribution in [3.8, 4) is 81.2 Å². The highest BCUT2D eigenvalue weighted by atomic mass is 19.4. The first kappa shape index (κ1) is 40.2. The van der Waals surface area contributed by atoms with Gasteiger partial charge in [-0.3, -0.25) is 0 Å². The predicted octanol–water partition coefficient (Wildman–Crippen LogP) is 13.1.